The first kappa shape index (κ1) is 19.0. The minimum atomic E-state index is -3.20. The Kier molecular flexibility index (Phi) is 9.21. The summed E-state index contributed by atoms with van der Waals surface area (Å²) in [7, 11) is -3.20. The zero-order valence-corrected chi connectivity index (χ0v) is 14.6. The SMILES string of the molecule is CCCCCCCCCCCCS(=O)(=O)c1ccc(O)cc1. The summed E-state index contributed by atoms with van der Waals surface area (Å²) < 4.78 is 24.2. The Morgan fingerprint density at radius 1 is 0.773 bits per heavy atom. The predicted molar refractivity (Wildman–Crippen MR) is 92.0 cm³/mol. The van der Waals surface area contributed by atoms with Gasteiger partial charge in [-0.05, 0) is 30.7 Å². The molecular formula is C18H30O3S. The van der Waals surface area contributed by atoms with Crippen molar-refractivity contribution < 1.29 is 13.5 Å². The van der Waals surface area contributed by atoms with Crippen molar-refractivity contribution in [3.05, 3.63) is 24.3 Å². The topological polar surface area (TPSA) is 54.4 Å². The van der Waals surface area contributed by atoms with Crippen LogP contribution in [0.5, 0.6) is 5.75 Å². The molecule has 0 aliphatic carbocycles. The Morgan fingerprint density at radius 3 is 1.73 bits per heavy atom. The third-order valence-corrected chi connectivity index (χ3v) is 5.78. The van der Waals surface area contributed by atoms with Crippen LogP contribution in [0, 0.1) is 0 Å². The van der Waals surface area contributed by atoms with Crippen molar-refractivity contribution in [3.63, 3.8) is 0 Å². The molecule has 22 heavy (non-hydrogen) atoms. The van der Waals surface area contributed by atoms with Gasteiger partial charge in [-0.15, -0.1) is 0 Å². The second-order valence-electron chi connectivity index (χ2n) is 5.99. The summed E-state index contributed by atoms with van der Waals surface area (Å²) in [6.07, 6.45) is 11.9. The van der Waals surface area contributed by atoms with Crippen LogP contribution >= 0.6 is 0 Å². The quantitative estimate of drug-likeness (QED) is 0.544. The zero-order chi connectivity index (χ0) is 16.3. The van der Waals surface area contributed by atoms with E-state index in [4.69, 9.17) is 0 Å². The summed E-state index contributed by atoms with van der Waals surface area (Å²) in [5.41, 5.74) is 0. The number of unbranched alkanes of at least 4 members (excludes halogenated alkanes) is 9. The van der Waals surface area contributed by atoms with Crippen LogP contribution in [0.4, 0.5) is 0 Å². The van der Waals surface area contributed by atoms with Crippen LogP contribution in [0.15, 0.2) is 29.2 Å². The summed E-state index contributed by atoms with van der Waals surface area (Å²) in [6, 6.07) is 5.79. The average Bonchev–Trinajstić information content (AvgIpc) is 2.49. The van der Waals surface area contributed by atoms with Crippen LogP contribution in [-0.4, -0.2) is 19.3 Å². The van der Waals surface area contributed by atoms with E-state index in [1.807, 2.05) is 0 Å². The molecule has 1 aromatic rings. The fraction of sp³-hybridized carbons (Fsp3) is 0.667. The van der Waals surface area contributed by atoms with Gasteiger partial charge in [-0.3, -0.25) is 0 Å². The second kappa shape index (κ2) is 10.7. The minimum Gasteiger partial charge on any atom is -0.508 e. The highest BCUT2D eigenvalue weighted by Gasteiger charge is 2.13. The summed E-state index contributed by atoms with van der Waals surface area (Å²) >= 11 is 0. The summed E-state index contributed by atoms with van der Waals surface area (Å²) in [5, 5.41) is 9.19. The van der Waals surface area contributed by atoms with E-state index < -0.39 is 9.84 Å². The molecule has 1 aromatic carbocycles. The van der Waals surface area contributed by atoms with Gasteiger partial charge in [-0.25, -0.2) is 8.42 Å². The molecule has 4 heteroatoms. The summed E-state index contributed by atoms with van der Waals surface area (Å²) in [6.45, 7) is 2.23. The van der Waals surface area contributed by atoms with E-state index >= 15 is 0 Å². The van der Waals surface area contributed by atoms with E-state index in [2.05, 4.69) is 6.92 Å². The van der Waals surface area contributed by atoms with Gasteiger partial charge in [-0.1, -0.05) is 64.7 Å². The maximum Gasteiger partial charge on any atom is 0.178 e. The molecule has 0 radical (unpaired) electrons. The lowest BCUT2D eigenvalue weighted by molar-refractivity contribution is 0.475. The summed E-state index contributed by atoms with van der Waals surface area (Å²) in [4.78, 5) is 0.307. The standard InChI is InChI=1S/C18H30O3S/c1-2-3-4-5-6-7-8-9-10-11-16-22(20,21)18-14-12-17(19)13-15-18/h12-15,19H,2-11,16H2,1H3. The maximum atomic E-state index is 12.1. The zero-order valence-electron chi connectivity index (χ0n) is 13.8. The van der Waals surface area contributed by atoms with Gasteiger partial charge in [0, 0.05) is 0 Å². The number of phenols is 1. The Labute approximate surface area is 135 Å². The number of rotatable bonds is 12. The Hall–Kier alpha value is -1.03. The molecule has 0 saturated carbocycles. The number of sulfone groups is 1. The fourth-order valence-corrected chi connectivity index (χ4v) is 3.92. The number of aromatic hydroxyl groups is 1. The van der Waals surface area contributed by atoms with Crippen molar-refractivity contribution in [2.75, 3.05) is 5.75 Å². The van der Waals surface area contributed by atoms with Gasteiger partial charge >= 0.3 is 0 Å². The largest absolute Gasteiger partial charge is 0.508 e. The minimum absolute atomic E-state index is 0.0953. The van der Waals surface area contributed by atoms with E-state index in [0.717, 1.165) is 19.3 Å². The van der Waals surface area contributed by atoms with Crippen molar-refractivity contribution in [1.82, 2.24) is 0 Å². The fourth-order valence-electron chi connectivity index (χ4n) is 2.55. The van der Waals surface area contributed by atoms with Crippen molar-refractivity contribution in [2.24, 2.45) is 0 Å². The smallest absolute Gasteiger partial charge is 0.178 e. The van der Waals surface area contributed by atoms with Gasteiger partial charge in [0.2, 0.25) is 0 Å². The third kappa shape index (κ3) is 7.83. The molecule has 0 aliphatic rings. The van der Waals surface area contributed by atoms with E-state index in [1.54, 1.807) is 0 Å². The average molecular weight is 327 g/mol. The third-order valence-electron chi connectivity index (χ3n) is 3.96. The molecule has 0 spiro atoms. The first-order valence-corrected chi connectivity index (χ1v) is 10.2. The molecule has 1 rings (SSSR count). The molecule has 0 heterocycles. The predicted octanol–water partition coefficient (Wildman–Crippen LogP) is 5.09. The number of hydrogen-bond donors (Lipinski definition) is 1. The second-order valence-corrected chi connectivity index (χ2v) is 8.10. The van der Waals surface area contributed by atoms with Crippen LogP contribution < -0.4 is 0 Å². The van der Waals surface area contributed by atoms with Gasteiger partial charge in [-0.2, -0.15) is 0 Å². The molecule has 0 bridgehead atoms. The first-order chi connectivity index (χ1) is 10.6. The van der Waals surface area contributed by atoms with Gasteiger partial charge in [0.15, 0.2) is 9.84 Å². The molecule has 0 aliphatic heterocycles. The van der Waals surface area contributed by atoms with Crippen molar-refractivity contribution in [3.8, 4) is 5.75 Å². The highest BCUT2D eigenvalue weighted by molar-refractivity contribution is 7.91. The molecule has 1 N–H and O–H groups in total. The van der Waals surface area contributed by atoms with Crippen molar-refractivity contribution in [1.29, 1.82) is 0 Å². The van der Waals surface area contributed by atoms with Gasteiger partial charge < -0.3 is 5.11 Å². The lowest BCUT2D eigenvalue weighted by Crippen LogP contribution is -2.06. The van der Waals surface area contributed by atoms with Crippen molar-refractivity contribution >= 4 is 9.84 Å². The Balaban J connectivity index is 2.10. The molecular weight excluding hydrogens is 296 g/mol. The number of hydrogen-bond acceptors (Lipinski definition) is 3. The highest BCUT2D eigenvalue weighted by Crippen LogP contribution is 2.17. The van der Waals surface area contributed by atoms with E-state index in [9.17, 15) is 13.5 Å². The van der Waals surface area contributed by atoms with E-state index in [-0.39, 0.29) is 11.5 Å². The van der Waals surface area contributed by atoms with E-state index in [1.165, 1.54) is 69.2 Å². The Morgan fingerprint density at radius 2 is 1.23 bits per heavy atom. The lowest BCUT2D eigenvalue weighted by atomic mass is 10.1. The van der Waals surface area contributed by atoms with Gasteiger partial charge in [0.05, 0.1) is 10.6 Å². The number of phenolic OH excluding ortho intramolecular Hbond substituents is 1. The highest BCUT2D eigenvalue weighted by atomic mass is 32.2. The first-order valence-electron chi connectivity index (χ1n) is 8.58. The van der Waals surface area contributed by atoms with Crippen LogP contribution in [0.1, 0.15) is 71.1 Å². The normalized spacial score (nSPS) is 11.7. The van der Waals surface area contributed by atoms with Crippen LogP contribution in [0.25, 0.3) is 0 Å². The van der Waals surface area contributed by atoms with Gasteiger partial charge in [0.25, 0.3) is 0 Å². The molecule has 0 fully saturated rings. The van der Waals surface area contributed by atoms with Crippen LogP contribution in [0.2, 0.25) is 0 Å². The van der Waals surface area contributed by atoms with Gasteiger partial charge in [0.1, 0.15) is 5.75 Å². The molecule has 0 aromatic heterocycles. The molecule has 0 unspecified atom stereocenters. The Bertz CT molecular complexity index is 492. The molecule has 0 atom stereocenters. The van der Waals surface area contributed by atoms with Crippen LogP contribution in [-0.2, 0) is 9.84 Å². The molecule has 0 amide bonds. The molecule has 0 saturated heterocycles. The monoisotopic (exact) mass is 326 g/mol. The maximum absolute atomic E-state index is 12.1. The molecule has 126 valence electrons. The van der Waals surface area contributed by atoms with Crippen molar-refractivity contribution in [2.45, 2.75) is 76.0 Å². The summed E-state index contributed by atoms with van der Waals surface area (Å²) in [5.74, 6) is 0.298. The van der Waals surface area contributed by atoms with E-state index in [0.29, 0.717) is 4.90 Å². The number of benzene rings is 1. The molecule has 3 nitrogen and oxygen atoms in total. The lowest BCUT2D eigenvalue weighted by Gasteiger charge is -2.05. The van der Waals surface area contributed by atoms with Crippen LogP contribution in [0.3, 0.4) is 0 Å².